The summed E-state index contributed by atoms with van der Waals surface area (Å²) >= 11 is 1.90. The Kier molecular flexibility index (Phi) is 5.98. The molecule has 0 atom stereocenters. The molecular weight excluding hydrogens is 342 g/mol. The van der Waals surface area contributed by atoms with Gasteiger partial charge in [-0.15, -0.1) is 11.3 Å². The van der Waals surface area contributed by atoms with E-state index < -0.39 is 10.2 Å². The van der Waals surface area contributed by atoms with Gasteiger partial charge in [0.15, 0.2) is 0 Å². The molecule has 0 aliphatic carbocycles. The average Bonchev–Trinajstić information content (AvgIpc) is 3.19. The highest BCUT2D eigenvalue weighted by Gasteiger charge is 2.33. The van der Waals surface area contributed by atoms with Crippen LogP contribution >= 0.6 is 11.3 Å². The van der Waals surface area contributed by atoms with Crippen molar-refractivity contribution >= 4 is 21.5 Å². The SMILES string of the molecule is CC(C)Cc1ccc(CN2CCN(S(=O)(=O)N3CCCC3)CC2)s1. The molecule has 0 N–H and O–H groups in total. The Morgan fingerprint density at radius 2 is 1.54 bits per heavy atom. The van der Waals surface area contributed by atoms with Crippen molar-refractivity contribution in [3.05, 3.63) is 21.9 Å². The fourth-order valence-electron chi connectivity index (χ4n) is 3.44. The second kappa shape index (κ2) is 7.83. The molecular formula is C17H29N3O2S2. The van der Waals surface area contributed by atoms with Crippen LogP contribution in [0.15, 0.2) is 12.1 Å². The predicted molar refractivity (Wildman–Crippen MR) is 99.4 cm³/mol. The highest BCUT2D eigenvalue weighted by molar-refractivity contribution is 7.86. The van der Waals surface area contributed by atoms with Crippen molar-refractivity contribution in [1.82, 2.24) is 13.5 Å². The van der Waals surface area contributed by atoms with Gasteiger partial charge in [-0.1, -0.05) is 13.8 Å². The molecule has 0 saturated carbocycles. The van der Waals surface area contributed by atoms with Gasteiger partial charge < -0.3 is 0 Å². The molecule has 0 spiro atoms. The summed E-state index contributed by atoms with van der Waals surface area (Å²) in [6, 6.07) is 4.48. The van der Waals surface area contributed by atoms with E-state index in [-0.39, 0.29) is 0 Å². The predicted octanol–water partition coefficient (Wildman–Crippen LogP) is 2.40. The molecule has 2 fully saturated rings. The monoisotopic (exact) mass is 371 g/mol. The van der Waals surface area contributed by atoms with Crippen molar-refractivity contribution in [3.8, 4) is 0 Å². The summed E-state index contributed by atoms with van der Waals surface area (Å²) in [4.78, 5) is 5.22. The summed E-state index contributed by atoms with van der Waals surface area (Å²) in [5.74, 6) is 0.691. The highest BCUT2D eigenvalue weighted by Crippen LogP contribution is 2.23. The van der Waals surface area contributed by atoms with E-state index in [0.717, 1.165) is 38.9 Å². The Labute approximate surface area is 150 Å². The zero-order valence-corrected chi connectivity index (χ0v) is 16.4. The van der Waals surface area contributed by atoms with Crippen LogP contribution in [0, 0.1) is 5.92 Å². The van der Waals surface area contributed by atoms with E-state index in [1.54, 1.807) is 8.61 Å². The van der Waals surface area contributed by atoms with Crippen molar-refractivity contribution in [2.45, 2.75) is 39.7 Å². The zero-order valence-electron chi connectivity index (χ0n) is 14.8. The minimum absolute atomic E-state index is 0.614. The largest absolute Gasteiger partial charge is 0.296 e. The van der Waals surface area contributed by atoms with Gasteiger partial charge in [0.05, 0.1) is 0 Å². The van der Waals surface area contributed by atoms with Gasteiger partial charge in [0.2, 0.25) is 0 Å². The lowest BCUT2D eigenvalue weighted by Crippen LogP contribution is -2.52. The average molecular weight is 372 g/mol. The normalized spacial score (nSPS) is 21.8. The molecule has 1 aromatic rings. The first-order chi connectivity index (χ1) is 11.4. The maximum absolute atomic E-state index is 12.6. The molecule has 5 nitrogen and oxygen atoms in total. The summed E-state index contributed by atoms with van der Waals surface area (Å²) < 4.78 is 28.5. The third-order valence-electron chi connectivity index (χ3n) is 4.76. The van der Waals surface area contributed by atoms with Crippen molar-refractivity contribution in [1.29, 1.82) is 0 Å². The maximum Gasteiger partial charge on any atom is 0.282 e. The van der Waals surface area contributed by atoms with E-state index >= 15 is 0 Å². The van der Waals surface area contributed by atoms with E-state index in [9.17, 15) is 8.42 Å². The summed E-state index contributed by atoms with van der Waals surface area (Å²) in [6.45, 7) is 9.70. The third kappa shape index (κ3) is 4.38. The van der Waals surface area contributed by atoms with Gasteiger partial charge in [-0.3, -0.25) is 4.90 Å². The number of rotatable bonds is 6. The van der Waals surface area contributed by atoms with Crippen LogP contribution in [0.1, 0.15) is 36.4 Å². The molecule has 0 radical (unpaired) electrons. The van der Waals surface area contributed by atoms with Crippen LogP contribution < -0.4 is 0 Å². The molecule has 2 saturated heterocycles. The molecule has 136 valence electrons. The minimum Gasteiger partial charge on any atom is -0.296 e. The second-order valence-electron chi connectivity index (χ2n) is 7.26. The van der Waals surface area contributed by atoms with Crippen LogP contribution in [-0.2, 0) is 23.2 Å². The zero-order chi connectivity index (χ0) is 17.2. The highest BCUT2D eigenvalue weighted by atomic mass is 32.2. The summed E-state index contributed by atoms with van der Waals surface area (Å²) in [7, 11) is -3.22. The summed E-state index contributed by atoms with van der Waals surface area (Å²) in [6.07, 6.45) is 3.14. The first kappa shape index (κ1) is 18.3. The van der Waals surface area contributed by atoms with E-state index in [4.69, 9.17) is 0 Å². The van der Waals surface area contributed by atoms with Crippen LogP contribution in [0.25, 0.3) is 0 Å². The molecule has 24 heavy (non-hydrogen) atoms. The van der Waals surface area contributed by atoms with Crippen LogP contribution in [0.5, 0.6) is 0 Å². The number of nitrogens with zero attached hydrogens (tertiary/aromatic N) is 3. The van der Waals surface area contributed by atoms with Crippen molar-refractivity contribution in [3.63, 3.8) is 0 Å². The van der Waals surface area contributed by atoms with Crippen molar-refractivity contribution in [2.75, 3.05) is 39.3 Å². The van der Waals surface area contributed by atoms with Crippen LogP contribution in [0.3, 0.4) is 0 Å². The molecule has 2 aliphatic heterocycles. The van der Waals surface area contributed by atoms with Gasteiger partial charge in [0.1, 0.15) is 0 Å². The smallest absolute Gasteiger partial charge is 0.282 e. The fourth-order valence-corrected chi connectivity index (χ4v) is 6.38. The Hall–Kier alpha value is -0.470. The lowest BCUT2D eigenvalue weighted by molar-refractivity contribution is 0.177. The first-order valence-electron chi connectivity index (χ1n) is 9.00. The van der Waals surface area contributed by atoms with Gasteiger partial charge in [-0.05, 0) is 37.3 Å². The molecule has 0 unspecified atom stereocenters. The lowest BCUT2D eigenvalue weighted by atomic mass is 10.1. The first-order valence-corrected chi connectivity index (χ1v) is 11.2. The Morgan fingerprint density at radius 1 is 0.958 bits per heavy atom. The Bertz CT molecular complexity index is 628. The van der Waals surface area contributed by atoms with Gasteiger partial charge in [-0.25, -0.2) is 0 Å². The summed E-state index contributed by atoms with van der Waals surface area (Å²) in [5.41, 5.74) is 0. The number of piperazine rings is 1. The fraction of sp³-hybridized carbons (Fsp3) is 0.765. The second-order valence-corrected chi connectivity index (χ2v) is 10.4. The van der Waals surface area contributed by atoms with Gasteiger partial charge in [0.25, 0.3) is 10.2 Å². The third-order valence-corrected chi connectivity index (χ3v) is 7.88. The molecule has 7 heteroatoms. The molecule has 3 rings (SSSR count). The Balaban J connectivity index is 1.51. The van der Waals surface area contributed by atoms with Crippen molar-refractivity contribution in [2.24, 2.45) is 5.92 Å². The number of thiophene rings is 1. The maximum atomic E-state index is 12.6. The number of hydrogen-bond donors (Lipinski definition) is 0. The summed E-state index contributed by atoms with van der Waals surface area (Å²) in [5, 5.41) is 0. The van der Waals surface area contributed by atoms with Gasteiger partial charge >= 0.3 is 0 Å². The molecule has 2 aliphatic rings. The van der Waals surface area contributed by atoms with Gasteiger partial charge in [-0.2, -0.15) is 17.0 Å². The van der Waals surface area contributed by atoms with Crippen LogP contribution in [-0.4, -0.2) is 61.2 Å². The molecule has 0 aromatic carbocycles. The van der Waals surface area contributed by atoms with Crippen LogP contribution in [0.4, 0.5) is 0 Å². The molecule has 0 amide bonds. The standard InChI is InChI=1S/C17H29N3O2S2/c1-15(2)13-16-5-6-17(23-16)14-18-9-11-20(12-10-18)24(21,22)19-7-3-4-8-19/h5-6,15H,3-4,7-14H2,1-2H3. The van der Waals surface area contributed by atoms with E-state index in [0.29, 0.717) is 32.1 Å². The van der Waals surface area contributed by atoms with E-state index in [1.165, 1.54) is 9.75 Å². The minimum atomic E-state index is -3.22. The van der Waals surface area contributed by atoms with Crippen LogP contribution in [0.2, 0.25) is 0 Å². The topological polar surface area (TPSA) is 43.9 Å². The number of hydrogen-bond acceptors (Lipinski definition) is 4. The quantitative estimate of drug-likeness (QED) is 0.771. The van der Waals surface area contributed by atoms with Crippen molar-refractivity contribution < 1.29 is 8.42 Å². The molecule has 1 aromatic heterocycles. The van der Waals surface area contributed by atoms with E-state index in [2.05, 4.69) is 30.9 Å². The molecule has 3 heterocycles. The van der Waals surface area contributed by atoms with E-state index in [1.807, 2.05) is 11.3 Å². The lowest BCUT2D eigenvalue weighted by Gasteiger charge is -2.35. The molecule has 0 bridgehead atoms. The Morgan fingerprint density at radius 3 is 2.17 bits per heavy atom. The van der Waals surface area contributed by atoms with Gasteiger partial charge in [0, 0.05) is 55.6 Å².